The largest absolute Gasteiger partial charge is 0.493 e. The average molecular weight is 533 g/mol. The lowest BCUT2D eigenvalue weighted by Crippen LogP contribution is -2.39. The molecule has 2 atom stereocenters. The van der Waals surface area contributed by atoms with Gasteiger partial charge in [-0.05, 0) is 87.4 Å². The number of carbonyl (C=O) groups excluding carboxylic acids is 1. The molecular formula is C32H53ClN2O2. The minimum atomic E-state index is -0.0789. The Bertz CT molecular complexity index is 914. The zero-order valence-corrected chi connectivity index (χ0v) is 25.9. The molecule has 2 aromatic rings. The Hall–Kier alpha value is -2.04. The van der Waals surface area contributed by atoms with Crippen molar-refractivity contribution in [2.75, 3.05) is 6.61 Å². The van der Waals surface area contributed by atoms with Gasteiger partial charge in [0.25, 0.3) is 5.91 Å². The number of unbranched alkanes of at least 4 members (excludes halogenated alkanes) is 1. The van der Waals surface area contributed by atoms with Crippen molar-refractivity contribution < 1.29 is 9.53 Å². The predicted octanol–water partition coefficient (Wildman–Crippen LogP) is 8.96. The summed E-state index contributed by atoms with van der Waals surface area (Å²) in [6.07, 6.45) is 5.24. The zero-order chi connectivity index (χ0) is 28.4. The molecule has 0 aliphatic rings. The summed E-state index contributed by atoms with van der Waals surface area (Å²) in [5.41, 5.74) is 5.37. The number of rotatable bonds is 13. The summed E-state index contributed by atoms with van der Waals surface area (Å²) < 4.78 is 5.95. The van der Waals surface area contributed by atoms with Crippen LogP contribution in [0, 0.1) is 20.8 Å². The number of ether oxygens (including phenoxy) is 1. The second kappa shape index (κ2) is 20.0. The molecular weight excluding hydrogens is 480 g/mol. The first kappa shape index (κ1) is 35.0. The van der Waals surface area contributed by atoms with E-state index < -0.39 is 0 Å². The number of carbonyl (C=O) groups is 1. The van der Waals surface area contributed by atoms with E-state index in [2.05, 4.69) is 57.4 Å². The highest BCUT2D eigenvalue weighted by Gasteiger charge is 2.17. The fourth-order valence-corrected chi connectivity index (χ4v) is 4.14. The summed E-state index contributed by atoms with van der Waals surface area (Å²) in [6, 6.07) is 10.1. The number of aryl methyl sites for hydroxylation is 1. The fourth-order valence-electron chi connectivity index (χ4n) is 3.96. The second-order valence-corrected chi connectivity index (χ2v) is 9.52. The number of halogens is 1. The van der Waals surface area contributed by atoms with Crippen LogP contribution in [0.25, 0.3) is 0 Å². The van der Waals surface area contributed by atoms with E-state index in [-0.39, 0.29) is 11.9 Å². The van der Waals surface area contributed by atoms with E-state index in [1.54, 1.807) is 6.07 Å². The van der Waals surface area contributed by atoms with Gasteiger partial charge >= 0.3 is 0 Å². The molecule has 1 amide bonds. The molecule has 0 aliphatic carbocycles. The van der Waals surface area contributed by atoms with Crippen molar-refractivity contribution in [3.63, 3.8) is 0 Å². The van der Waals surface area contributed by atoms with Gasteiger partial charge in [0.15, 0.2) is 0 Å². The Labute approximate surface area is 232 Å². The van der Waals surface area contributed by atoms with Crippen LogP contribution in [-0.4, -0.2) is 24.6 Å². The first-order valence-corrected chi connectivity index (χ1v) is 14.7. The Balaban J connectivity index is 0.00000308. The van der Waals surface area contributed by atoms with E-state index in [1.807, 2.05) is 46.8 Å². The van der Waals surface area contributed by atoms with Crippen LogP contribution in [0.1, 0.15) is 113 Å². The summed E-state index contributed by atoms with van der Waals surface area (Å²) >= 11 is 6.19. The summed E-state index contributed by atoms with van der Waals surface area (Å²) in [5.74, 6) is 0.909. The lowest BCUT2D eigenvalue weighted by atomic mass is 10.00. The number of nitrogens with one attached hydrogen (secondary N) is 2. The van der Waals surface area contributed by atoms with E-state index in [0.717, 1.165) is 56.6 Å². The van der Waals surface area contributed by atoms with Crippen molar-refractivity contribution >= 4 is 17.5 Å². The van der Waals surface area contributed by atoms with E-state index in [0.29, 0.717) is 16.6 Å². The molecule has 0 saturated carbocycles. The first-order valence-electron chi connectivity index (χ1n) is 14.3. The van der Waals surface area contributed by atoms with Gasteiger partial charge in [-0.3, -0.25) is 4.79 Å². The SMILES string of the molecule is CC.CC.CCCCOc1ccc(CNC(CCC)CC(C)NC(=O)c2ccc(C)c(Cl)c2)c(C)c1C. The Morgan fingerprint density at radius 1 is 0.973 bits per heavy atom. The van der Waals surface area contributed by atoms with Gasteiger partial charge in [-0.15, -0.1) is 0 Å². The van der Waals surface area contributed by atoms with Crippen LogP contribution in [0.15, 0.2) is 30.3 Å². The number of amides is 1. The third-order valence-corrected chi connectivity index (χ3v) is 6.68. The Morgan fingerprint density at radius 2 is 1.65 bits per heavy atom. The molecule has 37 heavy (non-hydrogen) atoms. The van der Waals surface area contributed by atoms with Crippen LogP contribution in [0.3, 0.4) is 0 Å². The topological polar surface area (TPSA) is 50.4 Å². The lowest BCUT2D eigenvalue weighted by molar-refractivity contribution is 0.0936. The van der Waals surface area contributed by atoms with Gasteiger partial charge < -0.3 is 15.4 Å². The summed E-state index contributed by atoms with van der Waals surface area (Å²) in [4.78, 5) is 12.6. The number of benzene rings is 2. The van der Waals surface area contributed by atoms with Gasteiger partial charge in [0, 0.05) is 29.2 Å². The maximum absolute atomic E-state index is 12.6. The normalized spacial score (nSPS) is 11.9. The highest BCUT2D eigenvalue weighted by atomic mass is 35.5. The highest BCUT2D eigenvalue weighted by Crippen LogP contribution is 2.25. The van der Waals surface area contributed by atoms with Crippen molar-refractivity contribution in [1.82, 2.24) is 10.6 Å². The third kappa shape index (κ3) is 12.4. The molecule has 0 bridgehead atoms. The van der Waals surface area contributed by atoms with Crippen molar-refractivity contribution in [3.05, 3.63) is 63.2 Å². The molecule has 0 aromatic heterocycles. The Kier molecular flexibility index (Phi) is 18.9. The lowest BCUT2D eigenvalue weighted by Gasteiger charge is -2.24. The zero-order valence-electron chi connectivity index (χ0n) is 25.2. The average Bonchev–Trinajstić information content (AvgIpc) is 2.90. The molecule has 2 unspecified atom stereocenters. The molecule has 210 valence electrons. The van der Waals surface area contributed by atoms with E-state index in [1.165, 1.54) is 16.7 Å². The standard InChI is InChI=1S/C28H41ClN2O2.2C2H6/c1-7-9-15-33-27-14-13-24(21(5)22(27)6)18-30-25(10-8-2)16-20(4)31-28(32)23-12-11-19(3)26(29)17-23;2*1-2/h11-14,17,20,25,30H,7-10,15-16,18H2,1-6H3,(H,31,32);2*1-2H3. The first-order chi connectivity index (χ1) is 17.8. The highest BCUT2D eigenvalue weighted by molar-refractivity contribution is 6.31. The number of hydrogen-bond acceptors (Lipinski definition) is 3. The number of hydrogen-bond donors (Lipinski definition) is 2. The minimum absolute atomic E-state index is 0.0544. The summed E-state index contributed by atoms with van der Waals surface area (Å²) in [5, 5.41) is 7.47. The second-order valence-electron chi connectivity index (χ2n) is 9.12. The van der Waals surface area contributed by atoms with Crippen molar-refractivity contribution in [3.8, 4) is 5.75 Å². The van der Waals surface area contributed by atoms with Gasteiger partial charge in [-0.25, -0.2) is 0 Å². The van der Waals surface area contributed by atoms with Gasteiger partial charge in [0.2, 0.25) is 0 Å². The molecule has 0 radical (unpaired) electrons. The molecule has 0 aliphatic heterocycles. The van der Waals surface area contributed by atoms with Gasteiger partial charge in [-0.2, -0.15) is 0 Å². The van der Waals surface area contributed by atoms with E-state index in [4.69, 9.17) is 16.3 Å². The fraction of sp³-hybridized carbons (Fsp3) is 0.594. The van der Waals surface area contributed by atoms with Crippen LogP contribution in [-0.2, 0) is 6.54 Å². The predicted molar refractivity (Wildman–Crippen MR) is 162 cm³/mol. The Morgan fingerprint density at radius 3 is 2.24 bits per heavy atom. The molecule has 2 aromatic carbocycles. The van der Waals surface area contributed by atoms with Crippen molar-refractivity contribution in [1.29, 1.82) is 0 Å². The van der Waals surface area contributed by atoms with Crippen LogP contribution in [0.5, 0.6) is 5.75 Å². The molecule has 2 N–H and O–H groups in total. The monoisotopic (exact) mass is 532 g/mol. The molecule has 0 heterocycles. The van der Waals surface area contributed by atoms with Crippen LogP contribution >= 0.6 is 11.6 Å². The van der Waals surface area contributed by atoms with Crippen LogP contribution < -0.4 is 15.4 Å². The molecule has 2 rings (SSSR count). The van der Waals surface area contributed by atoms with Crippen LogP contribution in [0.2, 0.25) is 5.02 Å². The summed E-state index contributed by atoms with van der Waals surface area (Å²) in [7, 11) is 0. The quantitative estimate of drug-likeness (QED) is 0.253. The smallest absolute Gasteiger partial charge is 0.251 e. The van der Waals surface area contributed by atoms with E-state index >= 15 is 0 Å². The van der Waals surface area contributed by atoms with Crippen molar-refractivity contribution in [2.24, 2.45) is 0 Å². The third-order valence-electron chi connectivity index (χ3n) is 6.27. The van der Waals surface area contributed by atoms with Gasteiger partial charge in [-0.1, -0.05) is 78.1 Å². The maximum atomic E-state index is 12.6. The molecule has 0 saturated heterocycles. The van der Waals surface area contributed by atoms with Gasteiger partial charge in [0.05, 0.1) is 6.61 Å². The molecule has 4 nitrogen and oxygen atoms in total. The maximum Gasteiger partial charge on any atom is 0.251 e. The van der Waals surface area contributed by atoms with Crippen LogP contribution in [0.4, 0.5) is 0 Å². The minimum Gasteiger partial charge on any atom is -0.493 e. The van der Waals surface area contributed by atoms with Crippen molar-refractivity contribution in [2.45, 2.75) is 120 Å². The van der Waals surface area contributed by atoms with Gasteiger partial charge in [0.1, 0.15) is 5.75 Å². The molecule has 5 heteroatoms. The molecule has 0 spiro atoms. The van der Waals surface area contributed by atoms with E-state index in [9.17, 15) is 4.79 Å². The molecule has 0 fully saturated rings. The summed E-state index contributed by atoms with van der Waals surface area (Å²) in [6.45, 7) is 22.3.